The molecule has 10 heteroatoms. The number of hydrogen-bond acceptors (Lipinski definition) is 4. The number of carbonyl (C=O) groups excluding carboxylic acids is 1. The van der Waals surface area contributed by atoms with E-state index in [9.17, 15) is 22.2 Å². The Morgan fingerprint density at radius 1 is 1.21 bits per heavy atom. The minimum absolute atomic E-state index is 0.0707. The van der Waals surface area contributed by atoms with Gasteiger partial charge in [0.05, 0.1) is 22.1 Å². The maximum Gasteiger partial charge on any atom is 0.416 e. The molecule has 2 aliphatic heterocycles. The molecule has 2 aromatic carbocycles. The van der Waals surface area contributed by atoms with Crippen LogP contribution in [0.2, 0.25) is 5.02 Å². The van der Waals surface area contributed by atoms with E-state index < -0.39 is 28.6 Å². The molecule has 5 nitrogen and oxygen atoms in total. The van der Waals surface area contributed by atoms with Gasteiger partial charge in [-0.05, 0) is 30.7 Å². The first kappa shape index (κ1) is 19.8. The maximum atomic E-state index is 12.8. The molecule has 0 spiro atoms. The van der Waals surface area contributed by atoms with Crippen LogP contribution < -0.4 is 14.2 Å². The van der Waals surface area contributed by atoms with Crippen molar-refractivity contribution in [1.29, 1.82) is 0 Å². The summed E-state index contributed by atoms with van der Waals surface area (Å²) in [6, 6.07) is 7.75. The van der Waals surface area contributed by atoms with E-state index in [4.69, 9.17) is 21.1 Å². The monoisotopic (exact) mass is 443 g/mol. The van der Waals surface area contributed by atoms with Gasteiger partial charge in [0.15, 0.2) is 0 Å². The Labute approximate surface area is 171 Å². The van der Waals surface area contributed by atoms with Crippen molar-refractivity contribution in [2.45, 2.75) is 18.5 Å². The van der Waals surface area contributed by atoms with Crippen LogP contribution in [-0.2, 0) is 22.0 Å². The molecule has 0 saturated heterocycles. The zero-order chi connectivity index (χ0) is 20.8. The van der Waals surface area contributed by atoms with Crippen molar-refractivity contribution in [1.82, 2.24) is 4.72 Å². The fraction of sp³-hybridized carbons (Fsp3) is 0.211. The van der Waals surface area contributed by atoms with Crippen molar-refractivity contribution in [2.75, 3.05) is 6.61 Å². The quantitative estimate of drug-likeness (QED) is 0.747. The average Bonchev–Trinajstić information content (AvgIpc) is 3.00. The molecular formula is C19H13ClF3NO4S. The number of rotatable bonds is 3. The van der Waals surface area contributed by atoms with Gasteiger partial charge < -0.3 is 9.47 Å². The second-order valence-corrected chi connectivity index (χ2v) is 8.04. The van der Waals surface area contributed by atoms with Gasteiger partial charge in [-0.2, -0.15) is 13.2 Å². The third kappa shape index (κ3) is 3.97. The molecule has 0 bridgehead atoms. The van der Waals surface area contributed by atoms with E-state index in [1.54, 1.807) is 18.2 Å². The molecule has 1 amide bonds. The van der Waals surface area contributed by atoms with Crippen molar-refractivity contribution in [2.24, 2.45) is 0 Å². The first-order valence-corrected chi connectivity index (χ1v) is 10.0. The molecule has 1 N–H and O–H groups in total. The number of halogens is 4. The lowest BCUT2D eigenvalue weighted by Crippen LogP contribution is -2.21. The summed E-state index contributed by atoms with van der Waals surface area (Å²) in [4.78, 5) is 12.0. The number of alkyl halides is 3. The molecule has 29 heavy (non-hydrogen) atoms. The van der Waals surface area contributed by atoms with E-state index in [2.05, 4.69) is 4.72 Å². The summed E-state index contributed by atoms with van der Waals surface area (Å²) in [6.07, 6.45) is -2.60. The first-order valence-electron chi connectivity index (χ1n) is 8.48. The van der Waals surface area contributed by atoms with E-state index in [-0.39, 0.29) is 16.7 Å². The van der Waals surface area contributed by atoms with Crippen molar-refractivity contribution >= 4 is 28.5 Å². The van der Waals surface area contributed by atoms with Crippen LogP contribution in [0.15, 0.2) is 47.4 Å². The summed E-state index contributed by atoms with van der Waals surface area (Å²) in [6.45, 7) is 0.352. The van der Waals surface area contributed by atoms with Gasteiger partial charge in [-0.25, -0.2) is 4.21 Å². The Morgan fingerprint density at radius 3 is 2.66 bits per heavy atom. The molecule has 152 valence electrons. The zero-order valence-corrected chi connectivity index (χ0v) is 16.2. The summed E-state index contributed by atoms with van der Waals surface area (Å²) < 4.78 is 64.0. The number of ether oxygens (including phenoxy) is 2. The Kier molecular flexibility index (Phi) is 5.04. The van der Waals surface area contributed by atoms with E-state index >= 15 is 0 Å². The number of fused-ring (bicyclic) bond motifs is 1. The molecule has 2 atom stereocenters. The Morgan fingerprint density at radius 2 is 2.00 bits per heavy atom. The Hall–Kier alpha value is -2.52. The molecule has 0 aliphatic carbocycles. The van der Waals surface area contributed by atoms with Gasteiger partial charge in [0.1, 0.15) is 28.2 Å². The van der Waals surface area contributed by atoms with Crippen molar-refractivity contribution in [3.05, 3.63) is 63.5 Å². The van der Waals surface area contributed by atoms with Gasteiger partial charge >= 0.3 is 6.18 Å². The predicted octanol–water partition coefficient (Wildman–Crippen LogP) is 4.69. The van der Waals surface area contributed by atoms with E-state index in [1.807, 2.05) is 0 Å². The number of allylic oxidation sites excluding steroid dienone is 1. The summed E-state index contributed by atoms with van der Waals surface area (Å²) in [5.41, 5.74) is -0.120. The van der Waals surface area contributed by atoms with Crippen molar-refractivity contribution in [3.63, 3.8) is 0 Å². The summed E-state index contributed by atoms with van der Waals surface area (Å²) in [5, 5.41) is -0.174. The van der Waals surface area contributed by atoms with Crippen LogP contribution in [0.1, 0.15) is 23.5 Å². The minimum atomic E-state index is -4.50. The lowest BCUT2D eigenvalue weighted by Gasteiger charge is -2.26. The standard InChI is InChI=1S/C19H13ClF3NO4S/c20-14-7-10(19(21,22)23)1-4-15(14)28-11-2-3-12-13(5-6-27-16(12)8-11)17-9-18(25)24-29(17)26/h1-4,7-9,13H,5-6H2,(H,24,25). The number of carbonyl (C=O) groups is 1. The zero-order valence-electron chi connectivity index (χ0n) is 14.6. The molecule has 0 radical (unpaired) electrons. The predicted molar refractivity (Wildman–Crippen MR) is 100 cm³/mol. The highest BCUT2D eigenvalue weighted by Gasteiger charge is 2.33. The van der Waals surface area contributed by atoms with Crippen LogP contribution in [0.25, 0.3) is 0 Å². The lowest BCUT2D eigenvalue weighted by molar-refractivity contribution is -0.137. The highest BCUT2D eigenvalue weighted by atomic mass is 35.5. The Bertz CT molecular complexity index is 1050. The van der Waals surface area contributed by atoms with Gasteiger partial charge in [0.25, 0.3) is 5.91 Å². The SMILES string of the molecule is O=C1C=C(C2CCOc3cc(Oc4ccc(C(F)(F)F)cc4Cl)ccc32)S(=O)N1. The molecule has 4 rings (SSSR count). The average molecular weight is 444 g/mol. The summed E-state index contributed by atoms with van der Waals surface area (Å²) in [5.74, 6) is 0.229. The number of nitrogens with one attached hydrogen (secondary N) is 1. The van der Waals surface area contributed by atoms with Gasteiger partial charge in [-0.1, -0.05) is 17.7 Å². The van der Waals surface area contributed by atoms with Crippen molar-refractivity contribution < 1.29 is 31.6 Å². The lowest BCUT2D eigenvalue weighted by atomic mass is 9.92. The third-order valence-corrected chi connectivity index (χ3v) is 6.05. The number of amides is 1. The highest BCUT2D eigenvalue weighted by Crippen LogP contribution is 2.43. The molecule has 2 unspecified atom stereocenters. The molecule has 0 saturated carbocycles. The highest BCUT2D eigenvalue weighted by molar-refractivity contribution is 7.88. The second-order valence-electron chi connectivity index (χ2n) is 6.42. The van der Waals surface area contributed by atoms with Crippen LogP contribution in [-0.4, -0.2) is 16.7 Å². The van der Waals surface area contributed by atoms with Gasteiger partial charge in [-0.3, -0.25) is 9.52 Å². The van der Waals surface area contributed by atoms with Crippen LogP contribution in [0.5, 0.6) is 17.2 Å². The molecule has 2 heterocycles. The molecule has 2 aliphatic rings. The number of benzene rings is 2. The molecule has 0 fully saturated rings. The second kappa shape index (κ2) is 7.38. The van der Waals surface area contributed by atoms with E-state index in [0.717, 1.165) is 23.8 Å². The normalized spacial score (nSPS) is 21.1. The first-order chi connectivity index (χ1) is 13.7. The Balaban J connectivity index is 1.60. The minimum Gasteiger partial charge on any atom is -0.493 e. The summed E-state index contributed by atoms with van der Waals surface area (Å²) in [7, 11) is -1.58. The van der Waals surface area contributed by atoms with Gasteiger partial charge in [0, 0.05) is 23.6 Å². The molecule has 2 aromatic rings. The van der Waals surface area contributed by atoms with E-state index in [0.29, 0.717) is 29.4 Å². The fourth-order valence-electron chi connectivity index (χ4n) is 3.21. The van der Waals surface area contributed by atoms with Crippen LogP contribution in [0.4, 0.5) is 13.2 Å². The number of hydrogen-bond donors (Lipinski definition) is 1. The van der Waals surface area contributed by atoms with Crippen LogP contribution in [0.3, 0.4) is 0 Å². The van der Waals surface area contributed by atoms with Crippen LogP contribution >= 0.6 is 11.6 Å². The maximum absolute atomic E-state index is 12.8. The fourth-order valence-corrected chi connectivity index (χ4v) is 4.50. The third-order valence-electron chi connectivity index (χ3n) is 4.54. The smallest absolute Gasteiger partial charge is 0.416 e. The largest absolute Gasteiger partial charge is 0.493 e. The molecule has 0 aromatic heterocycles. The summed E-state index contributed by atoms with van der Waals surface area (Å²) >= 11 is 5.93. The van der Waals surface area contributed by atoms with Gasteiger partial charge in [-0.15, -0.1) is 0 Å². The molecular weight excluding hydrogens is 431 g/mol. The van der Waals surface area contributed by atoms with Gasteiger partial charge in [0.2, 0.25) is 0 Å². The van der Waals surface area contributed by atoms with Crippen molar-refractivity contribution in [3.8, 4) is 17.2 Å². The topological polar surface area (TPSA) is 64.6 Å². The van der Waals surface area contributed by atoms with Crippen LogP contribution in [0, 0.1) is 0 Å². The van der Waals surface area contributed by atoms with E-state index in [1.165, 1.54) is 6.08 Å².